The Kier molecular flexibility index (Phi) is 5.23. The van der Waals surface area contributed by atoms with Gasteiger partial charge in [0, 0.05) is 18.7 Å². The van der Waals surface area contributed by atoms with Crippen LogP contribution >= 0.6 is 0 Å². The van der Waals surface area contributed by atoms with Gasteiger partial charge in [0.25, 0.3) is 0 Å². The molecule has 0 aliphatic carbocycles. The number of piperidine rings is 1. The summed E-state index contributed by atoms with van der Waals surface area (Å²) in [5.41, 5.74) is 2.77. The minimum Gasteiger partial charge on any atom is -0.216 e. The van der Waals surface area contributed by atoms with Gasteiger partial charge in [-0.3, -0.25) is 0 Å². The van der Waals surface area contributed by atoms with Crippen LogP contribution in [0.25, 0.3) is 17.1 Å². The van der Waals surface area contributed by atoms with E-state index in [-0.39, 0.29) is 4.90 Å². The summed E-state index contributed by atoms with van der Waals surface area (Å²) in [4.78, 5) is 0.278. The maximum atomic E-state index is 13.3. The highest BCUT2D eigenvalue weighted by Gasteiger charge is 2.33. The number of hydrogen-bond donors (Lipinski definition) is 0. The Balaban J connectivity index is 1.69. The first kappa shape index (κ1) is 19.7. The van der Waals surface area contributed by atoms with Gasteiger partial charge in [0.05, 0.1) is 17.1 Å². The van der Waals surface area contributed by atoms with Crippen LogP contribution in [0.3, 0.4) is 0 Å². The fourth-order valence-electron chi connectivity index (χ4n) is 3.92. The number of nitrogens with zero attached hydrogens (tertiary/aromatic N) is 5. The molecular weight excluding hydrogens is 386 g/mol. The third-order valence-corrected chi connectivity index (χ3v) is 7.50. The van der Waals surface area contributed by atoms with Gasteiger partial charge in [-0.1, -0.05) is 37.3 Å². The van der Waals surface area contributed by atoms with Gasteiger partial charge in [-0.15, -0.1) is 10.2 Å². The van der Waals surface area contributed by atoms with Gasteiger partial charge >= 0.3 is 0 Å². The summed E-state index contributed by atoms with van der Waals surface area (Å²) >= 11 is 0. The normalized spacial score (nSPS) is 18.1. The van der Waals surface area contributed by atoms with Gasteiger partial charge in [-0.2, -0.15) is 9.40 Å². The number of benzene rings is 1. The zero-order valence-electron chi connectivity index (χ0n) is 16.9. The fourth-order valence-corrected chi connectivity index (χ4v) is 5.87. The van der Waals surface area contributed by atoms with E-state index in [1.54, 1.807) is 22.8 Å². The third kappa shape index (κ3) is 3.70. The fraction of sp³-hybridized carbons (Fsp3) is 0.381. The lowest BCUT2D eigenvalue weighted by molar-refractivity contribution is 0.281. The van der Waals surface area contributed by atoms with E-state index < -0.39 is 10.0 Å². The SMILES string of the molecule is Cc1nn(-c2ccc(-c3ccccc3)nn2)c(C)c1S(=O)(=O)N1CCC[C@@H](C)C1. The smallest absolute Gasteiger partial charge is 0.216 e. The maximum Gasteiger partial charge on any atom is 0.246 e. The van der Waals surface area contributed by atoms with Gasteiger partial charge in [0.15, 0.2) is 5.82 Å². The van der Waals surface area contributed by atoms with Crippen LogP contribution in [0.4, 0.5) is 0 Å². The summed E-state index contributed by atoms with van der Waals surface area (Å²) in [5.74, 6) is 0.865. The average molecular weight is 412 g/mol. The van der Waals surface area contributed by atoms with E-state index >= 15 is 0 Å². The van der Waals surface area contributed by atoms with Gasteiger partial charge in [-0.05, 0) is 44.7 Å². The van der Waals surface area contributed by atoms with Crippen molar-refractivity contribution >= 4 is 10.0 Å². The molecule has 1 aliphatic heterocycles. The van der Waals surface area contributed by atoms with E-state index in [1.807, 2.05) is 42.5 Å². The molecule has 0 radical (unpaired) electrons. The number of rotatable bonds is 4. The van der Waals surface area contributed by atoms with Gasteiger partial charge in [-0.25, -0.2) is 13.1 Å². The average Bonchev–Trinajstić information content (AvgIpc) is 3.03. The Morgan fingerprint density at radius 1 is 1.03 bits per heavy atom. The van der Waals surface area contributed by atoms with Crippen molar-refractivity contribution in [3.63, 3.8) is 0 Å². The molecule has 0 N–H and O–H groups in total. The zero-order chi connectivity index (χ0) is 20.6. The summed E-state index contributed by atoms with van der Waals surface area (Å²) in [6, 6.07) is 13.5. The molecule has 8 heteroatoms. The van der Waals surface area contributed by atoms with Gasteiger partial charge in [0.2, 0.25) is 10.0 Å². The monoisotopic (exact) mass is 411 g/mol. The zero-order valence-corrected chi connectivity index (χ0v) is 17.7. The van der Waals surface area contributed by atoms with Crippen molar-refractivity contribution in [3.05, 3.63) is 53.9 Å². The summed E-state index contributed by atoms with van der Waals surface area (Å²) < 4.78 is 29.7. The Hall–Kier alpha value is -2.58. The molecule has 3 aromatic rings. The van der Waals surface area contributed by atoms with E-state index in [9.17, 15) is 8.42 Å². The minimum atomic E-state index is -3.59. The number of aromatic nitrogens is 4. The van der Waals surface area contributed by atoms with Crippen molar-refractivity contribution in [3.8, 4) is 17.1 Å². The molecule has 1 aromatic carbocycles. The van der Waals surface area contributed by atoms with Crippen molar-refractivity contribution in [1.29, 1.82) is 0 Å². The summed E-state index contributed by atoms with van der Waals surface area (Å²) in [5, 5.41) is 13.1. The number of sulfonamides is 1. The molecule has 1 aliphatic rings. The first-order chi connectivity index (χ1) is 13.9. The molecule has 2 aromatic heterocycles. The van der Waals surface area contributed by atoms with Crippen LogP contribution in [0.15, 0.2) is 47.4 Å². The molecule has 152 valence electrons. The number of aryl methyl sites for hydroxylation is 1. The highest BCUT2D eigenvalue weighted by Crippen LogP contribution is 2.28. The van der Waals surface area contributed by atoms with E-state index in [1.165, 1.54) is 0 Å². The molecule has 0 bridgehead atoms. The second-order valence-electron chi connectivity index (χ2n) is 7.66. The topological polar surface area (TPSA) is 81.0 Å². The molecule has 1 fully saturated rings. The molecule has 0 amide bonds. The molecule has 1 saturated heterocycles. The van der Waals surface area contributed by atoms with Gasteiger partial charge in [0.1, 0.15) is 4.90 Å². The highest BCUT2D eigenvalue weighted by molar-refractivity contribution is 7.89. The lowest BCUT2D eigenvalue weighted by atomic mass is 10.0. The van der Waals surface area contributed by atoms with E-state index in [4.69, 9.17) is 0 Å². The second kappa shape index (κ2) is 7.68. The van der Waals surface area contributed by atoms with Crippen molar-refractivity contribution in [1.82, 2.24) is 24.3 Å². The maximum absolute atomic E-state index is 13.3. The minimum absolute atomic E-state index is 0.278. The lowest BCUT2D eigenvalue weighted by Gasteiger charge is -2.30. The van der Waals surface area contributed by atoms with Crippen LogP contribution in [0, 0.1) is 19.8 Å². The molecule has 1 atom stereocenters. The Morgan fingerprint density at radius 3 is 2.45 bits per heavy atom. The molecule has 7 nitrogen and oxygen atoms in total. The van der Waals surface area contributed by atoms with Crippen LogP contribution in [0.1, 0.15) is 31.2 Å². The highest BCUT2D eigenvalue weighted by atomic mass is 32.2. The Morgan fingerprint density at radius 2 is 1.79 bits per heavy atom. The predicted molar refractivity (Wildman–Crippen MR) is 111 cm³/mol. The van der Waals surface area contributed by atoms with Crippen molar-refractivity contribution in [2.24, 2.45) is 5.92 Å². The quantitative estimate of drug-likeness (QED) is 0.657. The molecule has 0 spiro atoms. The van der Waals surface area contributed by atoms with E-state index in [0.29, 0.717) is 36.2 Å². The summed E-state index contributed by atoms with van der Waals surface area (Å²) in [6.07, 6.45) is 1.95. The molecule has 29 heavy (non-hydrogen) atoms. The molecular formula is C21H25N5O2S. The second-order valence-corrected chi connectivity index (χ2v) is 9.54. The summed E-state index contributed by atoms with van der Waals surface area (Å²) in [6.45, 7) is 6.71. The largest absolute Gasteiger partial charge is 0.246 e. The Bertz CT molecular complexity index is 1110. The first-order valence-electron chi connectivity index (χ1n) is 9.84. The van der Waals surface area contributed by atoms with E-state index in [2.05, 4.69) is 22.2 Å². The molecule has 0 unspecified atom stereocenters. The Labute approximate surface area is 171 Å². The number of hydrogen-bond acceptors (Lipinski definition) is 5. The first-order valence-corrected chi connectivity index (χ1v) is 11.3. The summed E-state index contributed by atoms with van der Waals surface area (Å²) in [7, 11) is -3.59. The predicted octanol–water partition coefficient (Wildman–Crippen LogP) is 3.37. The van der Waals surface area contributed by atoms with Crippen LogP contribution < -0.4 is 0 Å². The van der Waals surface area contributed by atoms with Crippen molar-refractivity contribution < 1.29 is 8.42 Å². The molecule has 4 rings (SSSR count). The van der Waals surface area contributed by atoms with Crippen LogP contribution in [0.2, 0.25) is 0 Å². The van der Waals surface area contributed by atoms with Gasteiger partial charge < -0.3 is 0 Å². The third-order valence-electron chi connectivity index (χ3n) is 5.38. The van der Waals surface area contributed by atoms with Crippen LogP contribution in [0.5, 0.6) is 0 Å². The van der Waals surface area contributed by atoms with Crippen LogP contribution in [-0.4, -0.2) is 45.8 Å². The van der Waals surface area contributed by atoms with E-state index in [0.717, 1.165) is 24.1 Å². The van der Waals surface area contributed by atoms with Crippen LogP contribution in [-0.2, 0) is 10.0 Å². The molecule has 0 saturated carbocycles. The standard InChI is InChI=1S/C21H25N5O2S/c1-15-8-7-13-25(14-15)29(27,28)21-16(2)24-26(17(21)3)20-12-11-19(22-23-20)18-9-5-4-6-10-18/h4-6,9-12,15H,7-8,13-14H2,1-3H3/t15-/m1/s1. The van der Waals surface area contributed by atoms with Crippen molar-refractivity contribution in [2.75, 3.05) is 13.1 Å². The van der Waals surface area contributed by atoms with Crippen molar-refractivity contribution in [2.45, 2.75) is 38.5 Å². The molecule has 3 heterocycles. The lowest BCUT2D eigenvalue weighted by Crippen LogP contribution is -2.39.